The maximum Gasteiger partial charge on any atom is 0.0432 e. The van der Waals surface area contributed by atoms with Gasteiger partial charge in [0, 0.05) is 31.0 Å². The van der Waals surface area contributed by atoms with E-state index in [1.54, 1.807) is 0 Å². The number of hydrogen-bond acceptors (Lipinski definition) is 2. The van der Waals surface area contributed by atoms with E-state index >= 15 is 0 Å². The SMILES string of the molecule is c1ccc2c(c1)CCN(c1ccc3c(c1)NCC3)C2. The minimum atomic E-state index is 1.04. The predicted octanol–water partition coefficient (Wildman–Crippen LogP) is 3.22. The van der Waals surface area contributed by atoms with Gasteiger partial charge >= 0.3 is 0 Å². The van der Waals surface area contributed by atoms with Crippen LogP contribution >= 0.6 is 0 Å². The lowest BCUT2D eigenvalue weighted by atomic mass is 9.99. The Labute approximate surface area is 114 Å². The fraction of sp³-hybridized carbons (Fsp3) is 0.294. The molecule has 2 heteroatoms. The van der Waals surface area contributed by atoms with Crippen molar-refractivity contribution in [1.82, 2.24) is 0 Å². The van der Waals surface area contributed by atoms with Gasteiger partial charge in [-0.05, 0) is 41.7 Å². The lowest BCUT2D eigenvalue weighted by molar-refractivity contribution is 0.732. The summed E-state index contributed by atoms with van der Waals surface area (Å²) in [6.07, 6.45) is 2.32. The summed E-state index contributed by atoms with van der Waals surface area (Å²) < 4.78 is 0. The van der Waals surface area contributed by atoms with Gasteiger partial charge in [0.2, 0.25) is 0 Å². The molecule has 0 amide bonds. The van der Waals surface area contributed by atoms with Gasteiger partial charge in [0.05, 0.1) is 0 Å². The van der Waals surface area contributed by atoms with Crippen LogP contribution in [0.25, 0.3) is 0 Å². The molecular formula is C17H18N2. The summed E-state index contributed by atoms with van der Waals surface area (Å²) in [5.41, 5.74) is 7.13. The summed E-state index contributed by atoms with van der Waals surface area (Å²) in [5.74, 6) is 0. The van der Waals surface area contributed by atoms with Crippen molar-refractivity contribution in [2.75, 3.05) is 23.3 Å². The number of anilines is 2. The molecule has 2 aliphatic rings. The minimum absolute atomic E-state index is 1.04. The highest BCUT2D eigenvalue weighted by atomic mass is 15.1. The van der Waals surface area contributed by atoms with E-state index in [2.05, 4.69) is 52.7 Å². The summed E-state index contributed by atoms with van der Waals surface area (Å²) in [4.78, 5) is 2.49. The molecule has 2 aromatic carbocycles. The molecule has 0 bridgehead atoms. The van der Waals surface area contributed by atoms with Crippen LogP contribution < -0.4 is 10.2 Å². The molecule has 2 aliphatic heterocycles. The summed E-state index contributed by atoms with van der Waals surface area (Å²) >= 11 is 0. The van der Waals surface area contributed by atoms with E-state index in [9.17, 15) is 0 Å². The van der Waals surface area contributed by atoms with E-state index in [0.29, 0.717) is 0 Å². The Morgan fingerprint density at radius 2 is 1.79 bits per heavy atom. The molecule has 1 N–H and O–H groups in total. The molecule has 0 saturated heterocycles. The molecule has 19 heavy (non-hydrogen) atoms. The summed E-state index contributed by atoms with van der Waals surface area (Å²) in [6, 6.07) is 15.7. The van der Waals surface area contributed by atoms with E-state index < -0.39 is 0 Å². The number of hydrogen-bond donors (Lipinski definition) is 1. The van der Waals surface area contributed by atoms with Crippen LogP contribution in [-0.4, -0.2) is 13.1 Å². The minimum Gasteiger partial charge on any atom is -0.384 e. The van der Waals surface area contributed by atoms with E-state index in [4.69, 9.17) is 0 Å². The van der Waals surface area contributed by atoms with Crippen LogP contribution in [0.1, 0.15) is 16.7 Å². The molecule has 0 fully saturated rings. The van der Waals surface area contributed by atoms with Gasteiger partial charge in [-0.2, -0.15) is 0 Å². The van der Waals surface area contributed by atoms with E-state index in [0.717, 1.165) is 26.1 Å². The average Bonchev–Trinajstić information content (AvgIpc) is 2.94. The molecule has 0 radical (unpaired) electrons. The molecule has 2 nitrogen and oxygen atoms in total. The van der Waals surface area contributed by atoms with Crippen molar-refractivity contribution in [1.29, 1.82) is 0 Å². The molecule has 2 aromatic rings. The molecule has 96 valence electrons. The molecule has 0 spiro atoms. The molecule has 0 unspecified atom stereocenters. The number of fused-ring (bicyclic) bond motifs is 2. The van der Waals surface area contributed by atoms with Crippen molar-refractivity contribution >= 4 is 11.4 Å². The standard InChI is InChI=1S/C17H18N2/c1-2-4-15-12-19(10-8-13(15)3-1)16-6-5-14-7-9-18-17(14)11-16/h1-6,11,18H,7-10,12H2. The quantitative estimate of drug-likeness (QED) is 0.836. The third-order valence-corrected chi connectivity index (χ3v) is 4.30. The molecule has 0 aliphatic carbocycles. The van der Waals surface area contributed by atoms with Crippen molar-refractivity contribution < 1.29 is 0 Å². The Kier molecular flexibility index (Phi) is 2.47. The van der Waals surface area contributed by atoms with Gasteiger partial charge in [-0.3, -0.25) is 0 Å². The zero-order valence-corrected chi connectivity index (χ0v) is 11.0. The fourth-order valence-electron chi connectivity index (χ4n) is 3.19. The monoisotopic (exact) mass is 250 g/mol. The van der Waals surface area contributed by atoms with Crippen LogP contribution in [-0.2, 0) is 19.4 Å². The first-order valence-corrected chi connectivity index (χ1v) is 7.09. The van der Waals surface area contributed by atoms with E-state index in [-0.39, 0.29) is 0 Å². The molecule has 0 saturated carbocycles. The van der Waals surface area contributed by atoms with Gasteiger partial charge in [0.25, 0.3) is 0 Å². The van der Waals surface area contributed by atoms with Crippen molar-refractivity contribution in [3.8, 4) is 0 Å². The highest BCUT2D eigenvalue weighted by Gasteiger charge is 2.18. The second kappa shape index (κ2) is 4.30. The summed E-state index contributed by atoms with van der Waals surface area (Å²) in [5, 5.41) is 3.47. The normalized spacial score (nSPS) is 16.7. The van der Waals surface area contributed by atoms with E-state index in [1.165, 1.54) is 34.5 Å². The number of nitrogens with one attached hydrogen (secondary N) is 1. The summed E-state index contributed by atoms with van der Waals surface area (Å²) in [7, 11) is 0. The highest BCUT2D eigenvalue weighted by Crippen LogP contribution is 2.30. The number of rotatable bonds is 1. The Hall–Kier alpha value is -1.96. The zero-order chi connectivity index (χ0) is 12.7. The zero-order valence-electron chi connectivity index (χ0n) is 11.0. The predicted molar refractivity (Wildman–Crippen MR) is 79.8 cm³/mol. The van der Waals surface area contributed by atoms with Crippen LogP contribution in [0.3, 0.4) is 0 Å². The smallest absolute Gasteiger partial charge is 0.0432 e. The first kappa shape index (κ1) is 10.9. The van der Waals surface area contributed by atoms with Gasteiger partial charge in [-0.15, -0.1) is 0 Å². The van der Waals surface area contributed by atoms with E-state index in [1.807, 2.05) is 0 Å². The average molecular weight is 250 g/mol. The van der Waals surface area contributed by atoms with Crippen LogP contribution in [0.15, 0.2) is 42.5 Å². The highest BCUT2D eigenvalue weighted by molar-refractivity contribution is 5.65. The van der Waals surface area contributed by atoms with Crippen LogP contribution in [0, 0.1) is 0 Å². The van der Waals surface area contributed by atoms with Crippen molar-refractivity contribution in [2.24, 2.45) is 0 Å². The Morgan fingerprint density at radius 3 is 2.74 bits per heavy atom. The van der Waals surface area contributed by atoms with Gasteiger partial charge in [0.1, 0.15) is 0 Å². The Balaban J connectivity index is 1.64. The van der Waals surface area contributed by atoms with Crippen molar-refractivity contribution in [3.63, 3.8) is 0 Å². The fourth-order valence-corrected chi connectivity index (χ4v) is 3.19. The van der Waals surface area contributed by atoms with Crippen molar-refractivity contribution in [3.05, 3.63) is 59.2 Å². The van der Waals surface area contributed by atoms with Crippen LogP contribution in [0.2, 0.25) is 0 Å². The van der Waals surface area contributed by atoms with Crippen LogP contribution in [0.5, 0.6) is 0 Å². The van der Waals surface area contributed by atoms with Gasteiger partial charge in [0.15, 0.2) is 0 Å². The maximum atomic E-state index is 3.47. The second-order valence-electron chi connectivity index (χ2n) is 5.46. The molecule has 0 atom stereocenters. The van der Waals surface area contributed by atoms with Gasteiger partial charge < -0.3 is 10.2 Å². The van der Waals surface area contributed by atoms with Gasteiger partial charge in [-0.25, -0.2) is 0 Å². The largest absolute Gasteiger partial charge is 0.384 e. The third-order valence-electron chi connectivity index (χ3n) is 4.30. The maximum absolute atomic E-state index is 3.47. The third kappa shape index (κ3) is 1.88. The second-order valence-corrected chi connectivity index (χ2v) is 5.46. The van der Waals surface area contributed by atoms with Crippen molar-refractivity contribution in [2.45, 2.75) is 19.4 Å². The molecule has 2 heterocycles. The lowest BCUT2D eigenvalue weighted by Crippen LogP contribution is -2.30. The summed E-state index contributed by atoms with van der Waals surface area (Å²) in [6.45, 7) is 3.24. The van der Waals surface area contributed by atoms with Crippen LogP contribution in [0.4, 0.5) is 11.4 Å². The molecular weight excluding hydrogens is 232 g/mol. The molecule has 0 aromatic heterocycles. The number of nitrogens with zero attached hydrogens (tertiary/aromatic N) is 1. The van der Waals surface area contributed by atoms with Gasteiger partial charge in [-0.1, -0.05) is 30.3 Å². The lowest BCUT2D eigenvalue weighted by Gasteiger charge is -2.31. The topological polar surface area (TPSA) is 15.3 Å². The number of benzene rings is 2. The first-order valence-electron chi connectivity index (χ1n) is 7.09. The Morgan fingerprint density at radius 1 is 0.895 bits per heavy atom. The Bertz CT molecular complexity index is 618. The first-order chi connectivity index (χ1) is 9.40. The molecule has 4 rings (SSSR count).